The van der Waals surface area contributed by atoms with Crippen LogP contribution in [0.5, 0.6) is 0 Å². The molecule has 0 aliphatic carbocycles. The number of aliphatic carboxylic acids is 1. The molecule has 1 saturated heterocycles. The zero-order valence-corrected chi connectivity index (χ0v) is 17.0. The van der Waals surface area contributed by atoms with E-state index in [4.69, 9.17) is 5.11 Å². The summed E-state index contributed by atoms with van der Waals surface area (Å²) in [6.45, 7) is 3.50. The third-order valence-corrected chi connectivity index (χ3v) is 6.21. The first-order valence-corrected chi connectivity index (χ1v) is 10.2. The second kappa shape index (κ2) is 9.08. The van der Waals surface area contributed by atoms with E-state index in [2.05, 4.69) is 20.6 Å². The minimum Gasteiger partial charge on any atom is -0.481 e. The molecule has 2 amide bonds. The number of carboxylic acid groups (broad SMARTS) is 1. The summed E-state index contributed by atoms with van der Waals surface area (Å²) in [5, 5.41) is 14.5. The van der Waals surface area contributed by atoms with E-state index in [1.165, 1.54) is 11.8 Å². The molecule has 1 aromatic carbocycles. The lowest BCUT2D eigenvalue weighted by Crippen LogP contribution is -2.41. The van der Waals surface area contributed by atoms with Gasteiger partial charge in [-0.05, 0) is 19.1 Å². The minimum atomic E-state index is -0.968. The molecule has 29 heavy (non-hydrogen) atoms. The Labute approximate surface area is 172 Å². The van der Waals surface area contributed by atoms with Crippen LogP contribution in [0.15, 0.2) is 34.3 Å². The van der Waals surface area contributed by atoms with Crippen molar-refractivity contribution in [3.63, 3.8) is 0 Å². The van der Waals surface area contributed by atoms with Crippen molar-refractivity contribution in [3.8, 4) is 0 Å². The number of thioether (sulfide) groups is 1. The summed E-state index contributed by atoms with van der Waals surface area (Å²) in [5.41, 5.74) is 1.38. The van der Waals surface area contributed by atoms with Gasteiger partial charge < -0.3 is 20.6 Å². The molecule has 2 aliphatic heterocycles. The molecule has 3 N–H and O–H groups in total. The van der Waals surface area contributed by atoms with E-state index in [-0.39, 0.29) is 30.8 Å². The van der Waals surface area contributed by atoms with Crippen LogP contribution in [0.3, 0.4) is 0 Å². The highest BCUT2D eigenvalue weighted by Crippen LogP contribution is 2.31. The number of rotatable bonds is 6. The number of amidine groups is 2. The van der Waals surface area contributed by atoms with Gasteiger partial charge in [-0.2, -0.15) is 4.99 Å². The molecule has 0 bridgehead atoms. The van der Waals surface area contributed by atoms with Gasteiger partial charge >= 0.3 is 5.97 Å². The van der Waals surface area contributed by atoms with E-state index in [1.807, 2.05) is 19.1 Å². The lowest BCUT2D eigenvalue weighted by molar-refractivity contribution is -0.136. The number of carbonyl (C=O) groups excluding carboxylic acids is 2. The molecule has 154 valence electrons. The molecule has 0 saturated carbocycles. The number of carbonyl (C=O) groups is 3. The molecule has 0 radical (unpaired) electrons. The second-order valence-electron chi connectivity index (χ2n) is 6.76. The third-order valence-electron chi connectivity index (χ3n) is 4.76. The monoisotopic (exact) mass is 417 g/mol. The van der Waals surface area contributed by atoms with E-state index < -0.39 is 11.2 Å². The van der Waals surface area contributed by atoms with Gasteiger partial charge in [0.25, 0.3) is 5.91 Å². The highest BCUT2D eigenvalue weighted by atomic mass is 32.2. The molecule has 0 spiro atoms. The Morgan fingerprint density at radius 1 is 1.34 bits per heavy atom. The number of hydrogen-bond donors (Lipinski definition) is 3. The fraction of sp³-hybridized carbons (Fsp3) is 0.421. The molecule has 2 atom stereocenters. The SMILES string of the molecule is CC1C(C(=O)NCCC(=O)O)SC(=NC(=O)c2ccc(C3=NCCN3)cc2)N1C. The summed E-state index contributed by atoms with van der Waals surface area (Å²) in [7, 11) is 1.78. The molecular formula is C19H23N5O4S. The molecule has 3 rings (SSSR count). The first kappa shape index (κ1) is 20.8. The van der Waals surface area contributed by atoms with Gasteiger partial charge in [0, 0.05) is 37.3 Å². The van der Waals surface area contributed by atoms with Crippen LogP contribution >= 0.6 is 11.8 Å². The van der Waals surface area contributed by atoms with Gasteiger partial charge in [-0.25, -0.2) is 0 Å². The van der Waals surface area contributed by atoms with Crippen molar-refractivity contribution in [3.05, 3.63) is 35.4 Å². The number of carboxylic acids is 1. The van der Waals surface area contributed by atoms with Gasteiger partial charge in [-0.1, -0.05) is 23.9 Å². The minimum absolute atomic E-state index is 0.0690. The van der Waals surface area contributed by atoms with Crippen molar-refractivity contribution >= 4 is 40.5 Å². The number of nitrogens with zero attached hydrogens (tertiary/aromatic N) is 3. The van der Waals surface area contributed by atoms with Gasteiger partial charge in [-0.3, -0.25) is 19.4 Å². The lowest BCUT2D eigenvalue weighted by atomic mass is 10.1. The van der Waals surface area contributed by atoms with E-state index in [0.29, 0.717) is 10.7 Å². The zero-order chi connectivity index (χ0) is 21.0. The first-order chi connectivity index (χ1) is 13.9. The fourth-order valence-electron chi connectivity index (χ4n) is 2.96. The molecule has 2 unspecified atom stereocenters. The standard InChI is InChI=1S/C19H23N5O4S/c1-11-15(18(28)22-8-7-14(25)26)29-19(24(11)2)23-17(27)13-5-3-12(4-6-13)16-20-9-10-21-16/h3-6,11,15H,7-10H2,1-2H3,(H,20,21)(H,22,28)(H,25,26). The second-order valence-corrected chi connectivity index (χ2v) is 7.87. The molecular weight excluding hydrogens is 394 g/mol. The molecule has 10 heteroatoms. The van der Waals surface area contributed by atoms with Crippen LogP contribution in [0.25, 0.3) is 0 Å². The Balaban J connectivity index is 1.65. The number of aliphatic imine (C=N–C) groups is 2. The normalized spacial score (nSPS) is 22.3. The zero-order valence-electron chi connectivity index (χ0n) is 16.2. The highest BCUT2D eigenvalue weighted by Gasteiger charge is 2.39. The Bertz CT molecular complexity index is 868. The molecule has 9 nitrogen and oxygen atoms in total. The van der Waals surface area contributed by atoms with Crippen molar-refractivity contribution in [2.75, 3.05) is 26.7 Å². The van der Waals surface area contributed by atoms with Gasteiger partial charge in [0.1, 0.15) is 11.1 Å². The maximum Gasteiger partial charge on any atom is 0.305 e. The number of amides is 2. The van der Waals surface area contributed by atoms with Crippen LogP contribution in [0.4, 0.5) is 0 Å². The van der Waals surface area contributed by atoms with Crippen LogP contribution in [-0.2, 0) is 9.59 Å². The summed E-state index contributed by atoms with van der Waals surface area (Å²) < 4.78 is 0. The van der Waals surface area contributed by atoms with Crippen molar-refractivity contribution < 1.29 is 19.5 Å². The Hall–Kier alpha value is -2.88. The Morgan fingerprint density at radius 2 is 2.07 bits per heavy atom. The van der Waals surface area contributed by atoms with Crippen LogP contribution in [0.2, 0.25) is 0 Å². The van der Waals surface area contributed by atoms with E-state index in [1.54, 1.807) is 24.1 Å². The summed E-state index contributed by atoms with van der Waals surface area (Å²) in [6, 6.07) is 6.91. The van der Waals surface area contributed by atoms with E-state index in [9.17, 15) is 14.4 Å². The largest absolute Gasteiger partial charge is 0.481 e. The molecule has 1 fully saturated rings. The molecule has 1 aromatic rings. The average Bonchev–Trinajstić information content (AvgIpc) is 3.32. The average molecular weight is 417 g/mol. The highest BCUT2D eigenvalue weighted by molar-refractivity contribution is 8.15. The van der Waals surface area contributed by atoms with E-state index in [0.717, 1.165) is 24.5 Å². The number of hydrogen-bond acceptors (Lipinski definition) is 6. The van der Waals surface area contributed by atoms with Gasteiger partial charge in [0.2, 0.25) is 5.91 Å². The van der Waals surface area contributed by atoms with Gasteiger partial charge in [0.05, 0.1) is 13.0 Å². The van der Waals surface area contributed by atoms with Crippen molar-refractivity contribution in [1.82, 2.24) is 15.5 Å². The predicted octanol–water partition coefficient (Wildman–Crippen LogP) is 0.559. The van der Waals surface area contributed by atoms with Crippen molar-refractivity contribution in [1.29, 1.82) is 0 Å². The maximum atomic E-state index is 12.6. The molecule has 2 aliphatic rings. The van der Waals surface area contributed by atoms with Crippen LogP contribution in [0.1, 0.15) is 29.3 Å². The molecule has 0 aromatic heterocycles. The van der Waals surface area contributed by atoms with Crippen LogP contribution in [0, 0.1) is 0 Å². The molecule has 2 heterocycles. The topological polar surface area (TPSA) is 123 Å². The third kappa shape index (κ3) is 4.94. The number of nitrogens with one attached hydrogen (secondary N) is 2. The van der Waals surface area contributed by atoms with Gasteiger partial charge in [-0.15, -0.1) is 0 Å². The first-order valence-electron chi connectivity index (χ1n) is 9.27. The summed E-state index contributed by atoms with van der Waals surface area (Å²) >= 11 is 1.21. The van der Waals surface area contributed by atoms with Crippen LogP contribution in [-0.4, -0.2) is 76.8 Å². The predicted molar refractivity (Wildman–Crippen MR) is 111 cm³/mol. The van der Waals surface area contributed by atoms with Crippen molar-refractivity contribution in [2.45, 2.75) is 24.6 Å². The Morgan fingerprint density at radius 3 is 2.69 bits per heavy atom. The maximum absolute atomic E-state index is 12.6. The quantitative estimate of drug-likeness (QED) is 0.618. The number of benzene rings is 1. The summed E-state index contributed by atoms with van der Waals surface area (Å²) in [4.78, 5) is 45.8. The smallest absolute Gasteiger partial charge is 0.305 e. The summed E-state index contributed by atoms with van der Waals surface area (Å²) in [5.74, 6) is -0.787. The van der Waals surface area contributed by atoms with E-state index >= 15 is 0 Å². The van der Waals surface area contributed by atoms with Gasteiger partial charge in [0.15, 0.2) is 5.17 Å². The fourth-order valence-corrected chi connectivity index (χ4v) is 4.22. The Kier molecular flexibility index (Phi) is 6.53. The lowest BCUT2D eigenvalue weighted by Gasteiger charge is -2.19. The van der Waals surface area contributed by atoms with Crippen LogP contribution < -0.4 is 10.6 Å². The summed E-state index contributed by atoms with van der Waals surface area (Å²) in [6.07, 6.45) is -0.134. The van der Waals surface area contributed by atoms with Crippen molar-refractivity contribution in [2.24, 2.45) is 9.98 Å².